The highest BCUT2D eigenvalue weighted by Gasteiger charge is 2.22. The van der Waals surface area contributed by atoms with Crippen LogP contribution < -0.4 is 5.32 Å². The zero-order valence-corrected chi connectivity index (χ0v) is 14.5. The maximum absolute atomic E-state index is 12.6. The van der Waals surface area contributed by atoms with E-state index < -0.39 is 5.91 Å². The minimum absolute atomic E-state index is 0.221. The van der Waals surface area contributed by atoms with Crippen molar-refractivity contribution < 1.29 is 14.4 Å². The summed E-state index contributed by atoms with van der Waals surface area (Å²) in [4.78, 5) is 43.1. The van der Waals surface area contributed by atoms with Crippen molar-refractivity contribution in [1.29, 1.82) is 5.26 Å². The van der Waals surface area contributed by atoms with Crippen LogP contribution in [0.2, 0.25) is 0 Å². The molecule has 1 aliphatic rings. The molecule has 1 aliphatic heterocycles. The molecule has 0 unspecified atom stereocenters. The van der Waals surface area contributed by atoms with Crippen LogP contribution in [0.3, 0.4) is 0 Å². The molecule has 1 aromatic heterocycles. The van der Waals surface area contributed by atoms with Gasteiger partial charge in [0.05, 0.1) is 22.8 Å². The number of nitrogens with one attached hydrogen (secondary N) is 1. The van der Waals surface area contributed by atoms with Crippen molar-refractivity contribution in [2.75, 3.05) is 31.5 Å². The summed E-state index contributed by atoms with van der Waals surface area (Å²) in [6, 6.07) is 9.98. The van der Waals surface area contributed by atoms with Crippen molar-refractivity contribution in [3.05, 3.63) is 59.4 Å². The minimum atomic E-state index is -0.396. The van der Waals surface area contributed by atoms with Crippen molar-refractivity contribution in [2.24, 2.45) is 0 Å². The van der Waals surface area contributed by atoms with Gasteiger partial charge in [-0.3, -0.25) is 19.4 Å². The molecule has 1 N–H and O–H groups in total. The molecule has 2 aromatic rings. The lowest BCUT2D eigenvalue weighted by atomic mass is 10.1. The fourth-order valence-corrected chi connectivity index (χ4v) is 2.73. The van der Waals surface area contributed by atoms with Crippen molar-refractivity contribution in [2.45, 2.75) is 0 Å². The maximum Gasteiger partial charge on any atom is 0.257 e. The number of rotatable bonds is 4. The number of hydrogen-bond donors (Lipinski definition) is 1. The molecule has 0 bridgehead atoms. The van der Waals surface area contributed by atoms with Crippen LogP contribution in [0.25, 0.3) is 0 Å². The topological polar surface area (TPSA) is 106 Å². The number of pyridine rings is 1. The van der Waals surface area contributed by atoms with Crippen LogP contribution in [0.1, 0.15) is 26.3 Å². The Labute approximate surface area is 156 Å². The van der Waals surface area contributed by atoms with Gasteiger partial charge in [0.1, 0.15) is 0 Å². The van der Waals surface area contributed by atoms with E-state index >= 15 is 0 Å². The first kappa shape index (κ1) is 18.1. The van der Waals surface area contributed by atoms with Gasteiger partial charge in [-0.25, -0.2) is 0 Å². The molecule has 1 aromatic carbocycles. The Hall–Kier alpha value is -3.73. The van der Waals surface area contributed by atoms with Crippen LogP contribution in [-0.2, 0) is 4.79 Å². The second-order valence-electron chi connectivity index (χ2n) is 6.04. The van der Waals surface area contributed by atoms with Crippen LogP contribution in [0.15, 0.2) is 42.7 Å². The predicted octanol–water partition coefficient (Wildman–Crippen LogP) is 1.12. The van der Waals surface area contributed by atoms with Crippen molar-refractivity contribution >= 4 is 23.9 Å². The molecule has 0 radical (unpaired) electrons. The summed E-state index contributed by atoms with van der Waals surface area (Å²) in [5.74, 6) is -0.617. The van der Waals surface area contributed by atoms with Crippen molar-refractivity contribution in [3.8, 4) is 6.07 Å². The summed E-state index contributed by atoms with van der Waals surface area (Å²) in [6.45, 7) is 1.86. The van der Waals surface area contributed by atoms with E-state index in [9.17, 15) is 14.4 Å². The fourth-order valence-electron chi connectivity index (χ4n) is 2.73. The Kier molecular flexibility index (Phi) is 5.42. The normalized spacial score (nSPS) is 13.6. The minimum Gasteiger partial charge on any atom is -0.342 e. The van der Waals surface area contributed by atoms with E-state index in [0.717, 1.165) is 6.41 Å². The first-order chi connectivity index (χ1) is 13.1. The number of carbonyl (C=O) groups excluding carboxylic acids is 3. The van der Waals surface area contributed by atoms with Gasteiger partial charge in [-0.2, -0.15) is 5.26 Å². The summed E-state index contributed by atoms with van der Waals surface area (Å²) in [5.41, 5.74) is 1.62. The molecule has 2 heterocycles. The van der Waals surface area contributed by atoms with Gasteiger partial charge in [0.2, 0.25) is 6.41 Å². The number of nitrogens with zero attached hydrogens (tertiary/aromatic N) is 4. The molecule has 8 heteroatoms. The van der Waals surface area contributed by atoms with Crippen LogP contribution in [0, 0.1) is 11.3 Å². The molecule has 3 amide bonds. The van der Waals surface area contributed by atoms with Gasteiger partial charge in [0.15, 0.2) is 0 Å². The van der Waals surface area contributed by atoms with Gasteiger partial charge in [-0.05, 0) is 30.3 Å². The molecule has 27 heavy (non-hydrogen) atoms. The van der Waals surface area contributed by atoms with Crippen LogP contribution in [0.5, 0.6) is 0 Å². The third-order valence-electron chi connectivity index (χ3n) is 4.27. The third-order valence-corrected chi connectivity index (χ3v) is 4.27. The van der Waals surface area contributed by atoms with Gasteiger partial charge in [0, 0.05) is 44.3 Å². The molecule has 1 fully saturated rings. The van der Waals surface area contributed by atoms with Gasteiger partial charge in [-0.1, -0.05) is 0 Å². The molecular formula is C19H17N5O3. The summed E-state index contributed by atoms with van der Waals surface area (Å²) >= 11 is 0. The lowest BCUT2D eigenvalue weighted by Crippen LogP contribution is -2.48. The van der Waals surface area contributed by atoms with Gasteiger partial charge in [-0.15, -0.1) is 0 Å². The lowest BCUT2D eigenvalue weighted by molar-refractivity contribution is -0.119. The van der Waals surface area contributed by atoms with E-state index in [1.54, 1.807) is 34.1 Å². The summed E-state index contributed by atoms with van der Waals surface area (Å²) < 4.78 is 0. The van der Waals surface area contributed by atoms with E-state index in [1.165, 1.54) is 18.5 Å². The number of aromatic nitrogens is 1. The van der Waals surface area contributed by atoms with Crippen LogP contribution >= 0.6 is 0 Å². The predicted molar refractivity (Wildman–Crippen MR) is 96.9 cm³/mol. The number of nitriles is 1. The number of piperazine rings is 1. The largest absolute Gasteiger partial charge is 0.342 e. The summed E-state index contributed by atoms with van der Waals surface area (Å²) in [5, 5.41) is 11.5. The fraction of sp³-hybridized carbons (Fsp3) is 0.211. The zero-order chi connectivity index (χ0) is 19.2. The van der Waals surface area contributed by atoms with Gasteiger partial charge < -0.3 is 15.1 Å². The third kappa shape index (κ3) is 4.27. The van der Waals surface area contributed by atoms with E-state index in [-0.39, 0.29) is 11.5 Å². The highest BCUT2D eigenvalue weighted by atomic mass is 16.2. The molecule has 0 saturated carbocycles. The van der Waals surface area contributed by atoms with E-state index in [1.807, 2.05) is 6.07 Å². The van der Waals surface area contributed by atoms with Crippen molar-refractivity contribution in [1.82, 2.24) is 14.8 Å². The first-order valence-electron chi connectivity index (χ1n) is 8.36. The van der Waals surface area contributed by atoms with Gasteiger partial charge in [0.25, 0.3) is 11.8 Å². The van der Waals surface area contributed by atoms with E-state index in [2.05, 4.69) is 10.3 Å². The zero-order valence-electron chi connectivity index (χ0n) is 14.5. The SMILES string of the molecule is N#Cc1ccc(NC(=O)c2cncc(C(=O)N3CCN(C=O)CC3)c2)cc1. The van der Waals surface area contributed by atoms with Crippen LogP contribution in [-0.4, -0.2) is 59.2 Å². The molecule has 0 atom stereocenters. The maximum atomic E-state index is 12.6. The average Bonchev–Trinajstić information content (AvgIpc) is 2.74. The van der Waals surface area contributed by atoms with Crippen molar-refractivity contribution in [3.63, 3.8) is 0 Å². The number of hydrogen-bond acceptors (Lipinski definition) is 5. The monoisotopic (exact) mass is 363 g/mol. The Bertz CT molecular complexity index is 896. The molecule has 3 rings (SSSR count). The molecule has 8 nitrogen and oxygen atoms in total. The highest BCUT2D eigenvalue weighted by molar-refractivity contribution is 6.05. The standard InChI is InChI=1S/C19H17N5O3/c20-10-14-1-3-17(4-2-14)22-18(26)15-9-16(12-21-11-15)19(27)24-7-5-23(13-25)6-8-24/h1-4,9,11-13H,5-8H2,(H,22,26). The number of carbonyl (C=O) groups is 3. The Morgan fingerprint density at radius 2 is 1.74 bits per heavy atom. The average molecular weight is 363 g/mol. The second kappa shape index (κ2) is 8.10. The molecule has 136 valence electrons. The number of amides is 3. The van der Waals surface area contributed by atoms with E-state index in [4.69, 9.17) is 5.26 Å². The Morgan fingerprint density at radius 1 is 1.07 bits per heavy atom. The lowest BCUT2D eigenvalue weighted by Gasteiger charge is -2.32. The molecular weight excluding hydrogens is 346 g/mol. The second-order valence-corrected chi connectivity index (χ2v) is 6.04. The smallest absolute Gasteiger partial charge is 0.257 e. The summed E-state index contributed by atoms with van der Waals surface area (Å²) in [7, 11) is 0. The molecule has 0 spiro atoms. The number of benzene rings is 1. The highest BCUT2D eigenvalue weighted by Crippen LogP contribution is 2.13. The Balaban J connectivity index is 1.69. The summed E-state index contributed by atoms with van der Waals surface area (Å²) in [6.07, 6.45) is 3.59. The first-order valence-corrected chi connectivity index (χ1v) is 8.36. The van der Waals surface area contributed by atoms with E-state index in [0.29, 0.717) is 43.0 Å². The molecule has 1 saturated heterocycles. The van der Waals surface area contributed by atoms with Gasteiger partial charge >= 0.3 is 0 Å². The molecule has 0 aliphatic carbocycles. The Morgan fingerprint density at radius 3 is 2.37 bits per heavy atom. The van der Waals surface area contributed by atoms with Crippen LogP contribution in [0.4, 0.5) is 5.69 Å². The quantitative estimate of drug-likeness (QED) is 0.819. The number of anilines is 1.